The Hall–Kier alpha value is -1.85. The van der Waals surface area contributed by atoms with Crippen molar-refractivity contribution in [2.45, 2.75) is 38.9 Å². The highest BCUT2D eigenvalue weighted by atomic mass is 16.7. The van der Waals surface area contributed by atoms with E-state index < -0.39 is 24.2 Å². The van der Waals surface area contributed by atoms with E-state index in [0.29, 0.717) is 5.56 Å². The largest absolute Gasteiger partial charge is 0.495 e. The zero-order chi connectivity index (χ0) is 16.1. The van der Waals surface area contributed by atoms with Gasteiger partial charge in [0.2, 0.25) is 5.91 Å². The Morgan fingerprint density at radius 3 is 2.09 bits per heavy atom. The van der Waals surface area contributed by atoms with E-state index in [2.05, 4.69) is 0 Å². The Labute approximate surface area is 130 Å². The first-order valence-electron chi connectivity index (χ1n) is 7.40. The number of hydrogen-bond donors (Lipinski definition) is 1. The van der Waals surface area contributed by atoms with E-state index in [1.165, 1.54) is 0 Å². The summed E-state index contributed by atoms with van der Waals surface area (Å²) in [6.07, 6.45) is 0. The quantitative estimate of drug-likeness (QED) is 0.865. The smallest absolute Gasteiger partial charge is 0.399 e. The van der Waals surface area contributed by atoms with E-state index in [-0.39, 0.29) is 0 Å². The second-order valence-corrected chi connectivity index (χ2v) is 6.70. The molecule has 5 heteroatoms. The maximum atomic E-state index is 11.6. The van der Waals surface area contributed by atoms with E-state index in [1.54, 1.807) is 6.07 Å². The first kappa shape index (κ1) is 15.1. The molecule has 1 amide bonds. The lowest BCUT2D eigenvalue weighted by Gasteiger charge is -2.32. The number of carbonyl (C=O) groups is 1. The molecule has 22 heavy (non-hydrogen) atoms. The van der Waals surface area contributed by atoms with Crippen LogP contribution in [-0.4, -0.2) is 24.2 Å². The van der Waals surface area contributed by atoms with Gasteiger partial charge in [-0.2, -0.15) is 0 Å². The monoisotopic (exact) mass is 297 g/mol. The van der Waals surface area contributed by atoms with Gasteiger partial charge in [0.05, 0.1) is 11.2 Å². The summed E-state index contributed by atoms with van der Waals surface area (Å²) in [7, 11) is -0.461. The van der Waals surface area contributed by atoms with Crippen molar-refractivity contribution in [2.24, 2.45) is 5.73 Å². The molecule has 0 atom stereocenters. The van der Waals surface area contributed by atoms with Gasteiger partial charge in [-0.05, 0) is 50.0 Å². The van der Waals surface area contributed by atoms with Gasteiger partial charge < -0.3 is 15.0 Å². The second-order valence-electron chi connectivity index (χ2n) is 6.70. The Bertz CT molecular complexity index is 739. The molecule has 1 fully saturated rings. The standard InChI is InChI=1S/C17H20BNO3/c1-16(2)17(3,4)22-18(21-16)14-10-6-7-11-12(14)8-5-9-13(11)15(19)20/h5-10H,1-4H3,(H2,19,20). The number of rotatable bonds is 2. The lowest BCUT2D eigenvalue weighted by atomic mass is 9.75. The van der Waals surface area contributed by atoms with Crippen molar-refractivity contribution in [1.82, 2.24) is 0 Å². The number of fused-ring (bicyclic) bond motifs is 1. The summed E-state index contributed by atoms with van der Waals surface area (Å²) >= 11 is 0. The van der Waals surface area contributed by atoms with Crippen LogP contribution < -0.4 is 11.2 Å². The number of benzene rings is 2. The van der Waals surface area contributed by atoms with Crippen LogP contribution in [0.15, 0.2) is 36.4 Å². The minimum atomic E-state index is -0.461. The van der Waals surface area contributed by atoms with Crippen molar-refractivity contribution in [3.8, 4) is 0 Å². The molecule has 1 aliphatic rings. The summed E-state index contributed by atoms with van der Waals surface area (Å²) in [5.41, 5.74) is 6.09. The van der Waals surface area contributed by atoms with Crippen molar-refractivity contribution in [3.05, 3.63) is 42.0 Å². The van der Waals surface area contributed by atoms with Crippen molar-refractivity contribution >= 4 is 29.3 Å². The molecule has 0 unspecified atom stereocenters. The first-order chi connectivity index (χ1) is 10.2. The molecule has 114 valence electrons. The van der Waals surface area contributed by atoms with Crippen molar-refractivity contribution in [1.29, 1.82) is 0 Å². The lowest BCUT2D eigenvalue weighted by molar-refractivity contribution is 0.00578. The Morgan fingerprint density at radius 2 is 1.50 bits per heavy atom. The van der Waals surface area contributed by atoms with Gasteiger partial charge in [-0.1, -0.05) is 30.3 Å². The average Bonchev–Trinajstić information content (AvgIpc) is 2.65. The molecule has 0 aromatic heterocycles. The molecule has 0 spiro atoms. The minimum absolute atomic E-state index is 0.402. The predicted octanol–water partition coefficient (Wildman–Crippen LogP) is 2.24. The molecular formula is C17H20BNO3. The van der Waals surface area contributed by atoms with Crippen LogP contribution in [0.3, 0.4) is 0 Å². The summed E-state index contributed by atoms with van der Waals surface area (Å²) in [6.45, 7) is 8.08. The molecule has 1 heterocycles. The van der Waals surface area contributed by atoms with Crippen LogP contribution in [0.25, 0.3) is 10.8 Å². The predicted molar refractivity (Wildman–Crippen MR) is 88.2 cm³/mol. The third kappa shape index (κ3) is 2.21. The molecule has 0 saturated carbocycles. The third-order valence-electron chi connectivity index (χ3n) is 4.73. The molecule has 2 N–H and O–H groups in total. The average molecular weight is 297 g/mol. The molecule has 1 saturated heterocycles. The zero-order valence-corrected chi connectivity index (χ0v) is 13.3. The molecule has 0 radical (unpaired) electrons. The van der Waals surface area contributed by atoms with Gasteiger partial charge in [0.15, 0.2) is 0 Å². The molecular weight excluding hydrogens is 277 g/mol. The zero-order valence-electron chi connectivity index (χ0n) is 13.3. The van der Waals surface area contributed by atoms with Crippen molar-refractivity contribution < 1.29 is 14.1 Å². The van der Waals surface area contributed by atoms with Gasteiger partial charge in [0.25, 0.3) is 0 Å². The topological polar surface area (TPSA) is 61.5 Å². The molecule has 3 rings (SSSR count). The highest BCUT2D eigenvalue weighted by molar-refractivity contribution is 6.65. The van der Waals surface area contributed by atoms with Crippen LogP contribution in [0.1, 0.15) is 38.1 Å². The summed E-state index contributed by atoms with van der Waals surface area (Å²) in [5, 5.41) is 1.75. The van der Waals surface area contributed by atoms with Crippen LogP contribution in [0, 0.1) is 0 Å². The fraction of sp³-hybridized carbons (Fsp3) is 0.353. The van der Waals surface area contributed by atoms with Crippen molar-refractivity contribution in [3.63, 3.8) is 0 Å². The van der Waals surface area contributed by atoms with Gasteiger partial charge in [0.1, 0.15) is 0 Å². The highest BCUT2D eigenvalue weighted by Crippen LogP contribution is 2.37. The fourth-order valence-electron chi connectivity index (χ4n) is 2.72. The Morgan fingerprint density at radius 1 is 0.955 bits per heavy atom. The lowest BCUT2D eigenvalue weighted by Crippen LogP contribution is -2.41. The van der Waals surface area contributed by atoms with Crippen LogP contribution in [0.2, 0.25) is 0 Å². The molecule has 2 aromatic rings. The maximum absolute atomic E-state index is 11.6. The number of hydrogen-bond acceptors (Lipinski definition) is 3. The number of nitrogens with two attached hydrogens (primary N) is 1. The fourth-order valence-corrected chi connectivity index (χ4v) is 2.72. The third-order valence-corrected chi connectivity index (χ3v) is 4.73. The summed E-state index contributed by atoms with van der Waals surface area (Å²) in [6, 6.07) is 11.3. The van der Waals surface area contributed by atoms with Gasteiger partial charge in [-0.15, -0.1) is 0 Å². The molecule has 2 aromatic carbocycles. The van der Waals surface area contributed by atoms with E-state index in [4.69, 9.17) is 15.0 Å². The van der Waals surface area contributed by atoms with Gasteiger partial charge >= 0.3 is 7.12 Å². The Kier molecular flexibility index (Phi) is 3.31. The van der Waals surface area contributed by atoms with Gasteiger partial charge in [0, 0.05) is 5.56 Å². The van der Waals surface area contributed by atoms with E-state index in [0.717, 1.165) is 16.2 Å². The normalized spacial score (nSPS) is 19.5. The van der Waals surface area contributed by atoms with Crippen LogP contribution in [-0.2, 0) is 9.31 Å². The molecule has 0 aliphatic carbocycles. The van der Waals surface area contributed by atoms with Crippen LogP contribution in [0.5, 0.6) is 0 Å². The second kappa shape index (κ2) is 4.83. The van der Waals surface area contributed by atoms with Gasteiger partial charge in [-0.3, -0.25) is 4.79 Å². The molecule has 1 aliphatic heterocycles. The van der Waals surface area contributed by atoms with E-state index >= 15 is 0 Å². The number of carbonyl (C=O) groups excluding carboxylic acids is 1. The molecule has 0 bridgehead atoms. The number of primary amides is 1. The van der Waals surface area contributed by atoms with Crippen molar-refractivity contribution in [2.75, 3.05) is 0 Å². The minimum Gasteiger partial charge on any atom is -0.399 e. The van der Waals surface area contributed by atoms with Crippen LogP contribution in [0.4, 0.5) is 0 Å². The van der Waals surface area contributed by atoms with E-state index in [1.807, 2.05) is 58.0 Å². The number of amides is 1. The first-order valence-corrected chi connectivity index (χ1v) is 7.40. The van der Waals surface area contributed by atoms with E-state index in [9.17, 15) is 4.79 Å². The summed E-state index contributed by atoms with van der Waals surface area (Å²) in [4.78, 5) is 11.6. The Balaban J connectivity index is 2.14. The maximum Gasteiger partial charge on any atom is 0.495 e. The summed E-state index contributed by atoms with van der Waals surface area (Å²) in [5.74, 6) is -0.434. The van der Waals surface area contributed by atoms with Crippen LogP contribution >= 0.6 is 0 Å². The highest BCUT2D eigenvalue weighted by Gasteiger charge is 2.52. The molecule has 4 nitrogen and oxygen atoms in total. The SMILES string of the molecule is CC1(C)OB(c2cccc3c(C(N)=O)cccc23)OC1(C)C. The van der Waals surface area contributed by atoms with Gasteiger partial charge in [-0.25, -0.2) is 0 Å². The summed E-state index contributed by atoms with van der Waals surface area (Å²) < 4.78 is 12.2.